The maximum Gasteiger partial charge on any atom is 0.135 e. The van der Waals surface area contributed by atoms with Gasteiger partial charge in [0.05, 0.1) is 16.7 Å². The van der Waals surface area contributed by atoms with Crippen molar-refractivity contribution < 1.29 is 4.42 Å². The van der Waals surface area contributed by atoms with E-state index in [-0.39, 0.29) is 0 Å². The van der Waals surface area contributed by atoms with E-state index in [1.165, 1.54) is 55.0 Å². The maximum atomic E-state index is 6.13. The van der Waals surface area contributed by atoms with E-state index in [4.69, 9.17) is 4.42 Å². The topological polar surface area (TPSA) is 18.1 Å². The van der Waals surface area contributed by atoms with Gasteiger partial charge in [-0.05, 0) is 71.0 Å². The van der Waals surface area contributed by atoms with Crippen LogP contribution in [0, 0.1) is 0 Å². The van der Waals surface area contributed by atoms with Crippen molar-refractivity contribution in [2.75, 3.05) is 0 Å². The Morgan fingerprint density at radius 2 is 1.28 bits per heavy atom. The van der Waals surface area contributed by atoms with Crippen molar-refractivity contribution in [3.05, 3.63) is 151 Å². The number of para-hydroxylation sites is 1. The highest BCUT2D eigenvalue weighted by Crippen LogP contribution is 2.39. The van der Waals surface area contributed by atoms with Gasteiger partial charge in [0.2, 0.25) is 0 Å². The highest BCUT2D eigenvalue weighted by atomic mass is 16.3. The smallest absolute Gasteiger partial charge is 0.135 e. The molecule has 0 bridgehead atoms. The normalized spacial score (nSPS) is 12.7. The van der Waals surface area contributed by atoms with E-state index in [1.54, 1.807) is 6.08 Å². The summed E-state index contributed by atoms with van der Waals surface area (Å²) in [5.74, 6) is 0. The predicted molar refractivity (Wildman–Crippen MR) is 183 cm³/mol. The molecule has 204 valence electrons. The number of furan rings is 1. The van der Waals surface area contributed by atoms with Crippen LogP contribution in [0.5, 0.6) is 0 Å². The highest BCUT2D eigenvalue weighted by Gasteiger charge is 2.17. The van der Waals surface area contributed by atoms with Crippen LogP contribution in [0.15, 0.2) is 144 Å². The van der Waals surface area contributed by atoms with E-state index in [1.807, 2.05) is 6.08 Å². The molecule has 0 amide bonds. The minimum absolute atomic E-state index is 0.839. The predicted octanol–water partition coefficient (Wildman–Crippen LogP) is 9.78. The molecular formula is C41H29NO. The zero-order valence-electron chi connectivity index (χ0n) is 23.9. The van der Waals surface area contributed by atoms with Gasteiger partial charge in [0, 0.05) is 26.8 Å². The van der Waals surface area contributed by atoms with Crippen LogP contribution in [0.1, 0.15) is 6.92 Å². The number of benzene rings is 6. The van der Waals surface area contributed by atoms with Gasteiger partial charge in [-0.3, -0.25) is 0 Å². The van der Waals surface area contributed by atoms with Crippen molar-refractivity contribution in [2.24, 2.45) is 0 Å². The maximum absolute atomic E-state index is 6.13. The van der Waals surface area contributed by atoms with Gasteiger partial charge < -0.3 is 8.98 Å². The molecule has 0 spiro atoms. The van der Waals surface area contributed by atoms with Gasteiger partial charge in [0.15, 0.2) is 0 Å². The lowest BCUT2D eigenvalue weighted by Crippen LogP contribution is -2.18. The third kappa shape index (κ3) is 3.95. The van der Waals surface area contributed by atoms with Crippen molar-refractivity contribution in [3.63, 3.8) is 0 Å². The molecule has 0 N–H and O–H groups in total. The van der Waals surface area contributed by atoms with Gasteiger partial charge in [-0.25, -0.2) is 0 Å². The Balaban J connectivity index is 1.40. The number of fused-ring (bicyclic) bond motifs is 5. The van der Waals surface area contributed by atoms with Crippen molar-refractivity contribution in [1.29, 1.82) is 0 Å². The fourth-order valence-corrected chi connectivity index (χ4v) is 6.60. The Kier molecular flexibility index (Phi) is 5.87. The molecule has 2 aromatic heterocycles. The Bertz CT molecular complexity index is 2470. The summed E-state index contributed by atoms with van der Waals surface area (Å²) in [5, 5.41) is 7.16. The zero-order valence-corrected chi connectivity index (χ0v) is 23.9. The van der Waals surface area contributed by atoms with Gasteiger partial charge in [-0.1, -0.05) is 116 Å². The number of hydrogen-bond acceptors (Lipinski definition) is 1. The molecule has 0 saturated carbocycles. The zero-order chi connectivity index (χ0) is 28.9. The van der Waals surface area contributed by atoms with Crippen LogP contribution < -0.4 is 10.6 Å². The van der Waals surface area contributed by atoms with Crippen LogP contribution in [0.2, 0.25) is 0 Å². The second-order valence-corrected chi connectivity index (χ2v) is 10.9. The molecule has 0 aliphatic heterocycles. The molecule has 6 aromatic carbocycles. The summed E-state index contributed by atoms with van der Waals surface area (Å²) in [6.45, 7) is 5.90. The van der Waals surface area contributed by atoms with Crippen molar-refractivity contribution in [3.8, 4) is 27.9 Å². The average Bonchev–Trinajstić information content (AvgIpc) is 3.58. The van der Waals surface area contributed by atoms with E-state index in [0.717, 1.165) is 27.2 Å². The van der Waals surface area contributed by atoms with Gasteiger partial charge in [-0.2, -0.15) is 0 Å². The van der Waals surface area contributed by atoms with Crippen molar-refractivity contribution in [1.82, 2.24) is 4.57 Å². The molecule has 2 heteroatoms. The Labute approximate surface area is 249 Å². The second-order valence-electron chi connectivity index (χ2n) is 10.9. The van der Waals surface area contributed by atoms with E-state index in [2.05, 4.69) is 152 Å². The molecule has 8 rings (SSSR count). The Morgan fingerprint density at radius 1 is 0.581 bits per heavy atom. The van der Waals surface area contributed by atoms with Crippen LogP contribution in [0.25, 0.3) is 83.6 Å². The SMILES string of the molecule is C=C/C=c1/oc2ccc(-c3ccc4c5ccccc5n(-c5ccc(-c6ccccc6)c6ccccc56)c4c3)cc2/c1=C/C. The standard InChI is InChI=1S/C41H29NO/c1-3-12-40-30(4-2)36-25-28(20-24-41(36)43-40)29-19-21-35-34-17-10-11-18-37(34)42(39(35)26-29)38-23-22-31(27-13-6-5-7-14-27)32-15-8-9-16-33(32)38/h3-26H,1H2,2H3/b30-4-,40-12+. The molecule has 0 saturated heterocycles. The number of nitrogens with zero attached hydrogens (tertiary/aromatic N) is 1. The molecule has 0 fully saturated rings. The lowest BCUT2D eigenvalue weighted by molar-refractivity contribution is 0.575. The van der Waals surface area contributed by atoms with Crippen LogP contribution in [-0.4, -0.2) is 4.57 Å². The van der Waals surface area contributed by atoms with Gasteiger partial charge in [0.25, 0.3) is 0 Å². The summed E-state index contributed by atoms with van der Waals surface area (Å²) in [6, 6.07) is 46.0. The number of allylic oxidation sites excluding steroid dienone is 1. The third-order valence-corrected chi connectivity index (χ3v) is 8.55. The summed E-state index contributed by atoms with van der Waals surface area (Å²) < 4.78 is 8.56. The average molecular weight is 552 g/mol. The molecular weight excluding hydrogens is 522 g/mol. The fourth-order valence-electron chi connectivity index (χ4n) is 6.60. The Hall–Kier alpha value is -5.60. The molecule has 0 unspecified atom stereocenters. The lowest BCUT2D eigenvalue weighted by atomic mass is 9.97. The molecule has 2 nitrogen and oxygen atoms in total. The molecule has 0 radical (unpaired) electrons. The molecule has 43 heavy (non-hydrogen) atoms. The number of hydrogen-bond donors (Lipinski definition) is 0. The minimum atomic E-state index is 0.839. The van der Waals surface area contributed by atoms with Crippen LogP contribution in [0.3, 0.4) is 0 Å². The molecule has 0 atom stereocenters. The molecule has 2 heterocycles. The molecule has 0 aliphatic rings. The summed E-state index contributed by atoms with van der Waals surface area (Å²) in [4.78, 5) is 0. The van der Waals surface area contributed by atoms with Crippen LogP contribution in [0.4, 0.5) is 0 Å². The van der Waals surface area contributed by atoms with E-state index in [0.29, 0.717) is 0 Å². The van der Waals surface area contributed by atoms with Gasteiger partial charge in [0.1, 0.15) is 11.0 Å². The first-order valence-corrected chi connectivity index (χ1v) is 14.7. The van der Waals surface area contributed by atoms with Gasteiger partial charge in [-0.15, -0.1) is 0 Å². The van der Waals surface area contributed by atoms with Crippen LogP contribution >= 0.6 is 0 Å². The quantitative estimate of drug-likeness (QED) is 0.213. The monoisotopic (exact) mass is 551 g/mol. The van der Waals surface area contributed by atoms with Gasteiger partial charge >= 0.3 is 0 Å². The van der Waals surface area contributed by atoms with E-state index in [9.17, 15) is 0 Å². The summed E-state index contributed by atoms with van der Waals surface area (Å²) in [6.07, 6.45) is 5.80. The summed E-state index contributed by atoms with van der Waals surface area (Å²) >= 11 is 0. The Morgan fingerprint density at radius 3 is 2.09 bits per heavy atom. The molecule has 0 aliphatic carbocycles. The first-order chi connectivity index (χ1) is 21.2. The number of aromatic nitrogens is 1. The fraction of sp³-hybridized carbons (Fsp3) is 0.0244. The summed E-state index contributed by atoms with van der Waals surface area (Å²) in [7, 11) is 0. The number of rotatable bonds is 4. The van der Waals surface area contributed by atoms with E-state index < -0.39 is 0 Å². The van der Waals surface area contributed by atoms with Crippen LogP contribution in [-0.2, 0) is 0 Å². The van der Waals surface area contributed by atoms with Crippen molar-refractivity contribution in [2.45, 2.75) is 6.92 Å². The third-order valence-electron chi connectivity index (χ3n) is 8.55. The minimum Gasteiger partial charge on any atom is -0.456 e. The van der Waals surface area contributed by atoms with E-state index >= 15 is 0 Å². The molecule has 8 aromatic rings. The second kappa shape index (κ2) is 10.0. The first kappa shape index (κ1) is 25.1. The first-order valence-electron chi connectivity index (χ1n) is 14.7. The highest BCUT2D eigenvalue weighted by molar-refractivity contribution is 6.12. The lowest BCUT2D eigenvalue weighted by Gasteiger charge is -2.15. The van der Waals surface area contributed by atoms with Crippen molar-refractivity contribution >= 4 is 55.7 Å². The summed E-state index contributed by atoms with van der Waals surface area (Å²) in [5.41, 5.74) is 10.1. The largest absolute Gasteiger partial charge is 0.456 e.